The molecule has 1 aliphatic rings. The van der Waals surface area contributed by atoms with Gasteiger partial charge in [-0.25, -0.2) is 4.39 Å². The van der Waals surface area contributed by atoms with Crippen molar-refractivity contribution in [3.8, 4) is 11.1 Å². The van der Waals surface area contributed by atoms with Crippen molar-refractivity contribution in [2.45, 2.75) is 71.1 Å². The molecule has 0 N–H and O–H groups in total. The summed E-state index contributed by atoms with van der Waals surface area (Å²) in [5.74, 6) is -1.79. The van der Waals surface area contributed by atoms with E-state index < -0.39 is 17.7 Å². The highest BCUT2D eigenvalue weighted by Crippen LogP contribution is 2.34. The summed E-state index contributed by atoms with van der Waals surface area (Å²) in [6.45, 7) is 2.26. The Morgan fingerprint density at radius 1 is 0.857 bits per heavy atom. The summed E-state index contributed by atoms with van der Waals surface area (Å²) < 4.78 is 40.2. The molecular formula is C24H30F3N. The molecule has 152 valence electrons. The minimum Gasteiger partial charge on any atom is -0.202 e. The van der Waals surface area contributed by atoms with Crippen molar-refractivity contribution in [1.29, 1.82) is 0 Å². The fraction of sp³-hybridized carbons (Fsp3) is 0.542. The Kier molecular flexibility index (Phi) is 7.52. The Bertz CT molecular complexity index is 749. The third-order valence-electron chi connectivity index (χ3n) is 6.18. The standard InChI is InChI=1S/C24H30F3N/c1-2-3-4-5-17-6-8-18(9-7-17)10-11-19-12-14-20(15-13-19)21-16-22(25)24(27)28-23(21)26/h12-18H,2-11H2,1H3/t17-,18-. The third-order valence-corrected chi connectivity index (χ3v) is 6.18. The van der Waals surface area contributed by atoms with Gasteiger partial charge >= 0.3 is 0 Å². The second-order valence-corrected chi connectivity index (χ2v) is 8.22. The highest BCUT2D eigenvalue weighted by atomic mass is 19.2. The van der Waals surface area contributed by atoms with E-state index in [9.17, 15) is 13.2 Å². The molecule has 0 radical (unpaired) electrons. The Balaban J connectivity index is 1.49. The predicted molar refractivity (Wildman–Crippen MR) is 107 cm³/mol. The van der Waals surface area contributed by atoms with Crippen LogP contribution in [0.4, 0.5) is 13.2 Å². The van der Waals surface area contributed by atoms with Crippen LogP contribution in [0.2, 0.25) is 0 Å². The zero-order chi connectivity index (χ0) is 19.9. The number of nitrogens with zero attached hydrogens (tertiary/aromatic N) is 1. The van der Waals surface area contributed by atoms with Crippen LogP contribution in [0.3, 0.4) is 0 Å². The first-order chi connectivity index (χ1) is 13.6. The van der Waals surface area contributed by atoms with E-state index in [1.54, 1.807) is 12.1 Å². The zero-order valence-corrected chi connectivity index (χ0v) is 16.7. The minimum atomic E-state index is -1.40. The van der Waals surface area contributed by atoms with Crippen LogP contribution in [0.25, 0.3) is 11.1 Å². The molecule has 0 saturated heterocycles. The van der Waals surface area contributed by atoms with Crippen molar-refractivity contribution < 1.29 is 13.2 Å². The molecule has 0 bridgehead atoms. The minimum absolute atomic E-state index is 0.00755. The number of unbranched alkanes of at least 4 members (excludes halogenated alkanes) is 2. The van der Waals surface area contributed by atoms with Crippen LogP contribution in [0.5, 0.6) is 0 Å². The molecule has 1 aliphatic carbocycles. The van der Waals surface area contributed by atoms with Crippen LogP contribution in [0, 0.1) is 29.5 Å². The molecular weight excluding hydrogens is 359 g/mol. The maximum atomic E-state index is 13.8. The molecule has 1 aromatic carbocycles. The van der Waals surface area contributed by atoms with Gasteiger partial charge in [0.05, 0.1) is 0 Å². The summed E-state index contributed by atoms with van der Waals surface area (Å²) in [6.07, 6.45) is 13.0. The van der Waals surface area contributed by atoms with Gasteiger partial charge in [0.25, 0.3) is 5.95 Å². The Hall–Kier alpha value is -1.84. The molecule has 1 saturated carbocycles. The van der Waals surface area contributed by atoms with Gasteiger partial charge in [0, 0.05) is 5.56 Å². The summed E-state index contributed by atoms with van der Waals surface area (Å²) in [6, 6.07) is 8.29. The number of hydrogen-bond acceptors (Lipinski definition) is 1. The van der Waals surface area contributed by atoms with E-state index in [-0.39, 0.29) is 5.56 Å². The third kappa shape index (κ3) is 5.59. The topological polar surface area (TPSA) is 12.9 Å². The van der Waals surface area contributed by atoms with Gasteiger partial charge in [0.1, 0.15) is 0 Å². The number of rotatable bonds is 8. The lowest BCUT2D eigenvalue weighted by Gasteiger charge is -2.28. The van der Waals surface area contributed by atoms with Crippen molar-refractivity contribution in [3.05, 3.63) is 53.6 Å². The summed E-state index contributed by atoms with van der Waals surface area (Å²) >= 11 is 0. The normalized spacial score (nSPS) is 19.7. The molecule has 0 aliphatic heterocycles. The van der Waals surface area contributed by atoms with Crippen LogP contribution >= 0.6 is 0 Å². The molecule has 0 spiro atoms. The maximum Gasteiger partial charge on any atom is 0.251 e. The lowest BCUT2D eigenvalue weighted by Crippen LogP contribution is -2.15. The molecule has 0 amide bonds. The zero-order valence-electron chi connectivity index (χ0n) is 16.7. The maximum absolute atomic E-state index is 13.8. The number of hydrogen-bond donors (Lipinski definition) is 0. The second kappa shape index (κ2) is 10.1. The van der Waals surface area contributed by atoms with E-state index in [1.807, 2.05) is 12.1 Å². The molecule has 28 heavy (non-hydrogen) atoms. The van der Waals surface area contributed by atoms with E-state index in [0.717, 1.165) is 24.3 Å². The van der Waals surface area contributed by atoms with Gasteiger partial charge in [0.2, 0.25) is 5.95 Å². The van der Waals surface area contributed by atoms with Crippen molar-refractivity contribution >= 4 is 0 Å². The molecule has 4 heteroatoms. The largest absolute Gasteiger partial charge is 0.251 e. The van der Waals surface area contributed by atoms with Gasteiger partial charge in [-0.1, -0.05) is 82.6 Å². The van der Waals surface area contributed by atoms with Crippen LogP contribution in [0.15, 0.2) is 30.3 Å². The molecule has 1 fully saturated rings. The van der Waals surface area contributed by atoms with E-state index in [4.69, 9.17) is 0 Å². The summed E-state index contributed by atoms with van der Waals surface area (Å²) in [5.41, 5.74) is 1.71. The lowest BCUT2D eigenvalue weighted by molar-refractivity contribution is 0.249. The smallest absolute Gasteiger partial charge is 0.202 e. The summed E-state index contributed by atoms with van der Waals surface area (Å²) in [5, 5.41) is 0. The highest BCUT2D eigenvalue weighted by Gasteiger charge is 2.20. The van der Waals surface area contributed by atoms with E-state index in [2.05, 4.69) is 11.9 Å². The molecule has 0 atom stereocenters. The Morgan fingerprint density at radius 3 is 2.14 bits per heavy atom. The Morgan fingerprint density at radius 2 is 1.50 bits per heavy atom. The molecule has 2 aromatic rings. The molecule has 1 nitrogen and oxygen atoms in total. The first-order valence-electron chi connectivity index (χ1n) is 10.7. The highest BCUT2D eigenvalue weighted by molar-refractivity contribution is 5.63. The molecule has 1 heterocycles. The monoisotopic (exact) mass is 389 g/mol. The first-order valence-corrected chi connectivity index (χ1v) is 10.7. The average Bonchev–Trinajstić information content (AvgIpc) is 2.71. The number of aryl methyl sites for hydroxylation is 1. The van der Waals surface area contributed by atoms with Gasteiger partial charge < -0.3 is 0 Å². The number of aromatic nitrogens is 1. The number of halogens is 3. The van der Waals surface area contributed by atoms with Crippen LogP contribution in [0.1, 0.15) is 70.3 Å². The van der Waals surface area contributed by atoms with Crippen LogP contribution in [-0.4, -0.2) is 4.98 Å². The van der Waals surface area contributed by atoms with Gasteiger partial charge in [0.15, 0.2) is 5.82 Å². The predicted octanol–water partition coefficient (Wildman–Crippen LogP) is 7.49. The van der Waals surface area contributed by atoms with Gasteiger partial charge in [-0.3, -0.25) is 0 Å². The Labute approximate surface area is 166 Å². The lowest BCUT2D eigenvalue weighted by atomic mass is 9.78. The van der Waals surface area contributed by atoms with Crippen molar-refractivity contribution in [3.63, 3.8) is 0 Å². The number of benzene rings is 1. The molecule has 1 aromatic heterocycles. The van der Waals surface area contributed by atoms with Crippen molar-refractivity contribution in [2.24, 2.45) is 11.8 Å². The van der Waals surface area contributed by atoms with Crippen molar-refractivity contribution in [1.82, 2.24) is 4.98 Å². The van der Waals surface area contributed by atoms with Gasteiger partial charge in [-0.15, -0.1) is 0 Å². The first kappa shape index (κ1) is 20.9. The molecule has 0 unspecified atom stereocenters. The average molecular weight is 390 g/mol. The van der Waals surface area contributed by atoms with Crippen LogP contribution < -0.4 is 0 Å². The van der Waals surface area contributed by atoms with Gasteiger partial charge in [-0.05, 0) is 41.9 Å². The quantitative estimate of drug-likeness (QED) is 0.337. The van der Waals surface area contributed by atoms with E-state index in [1.165, 1.54) is 63.4 Å². The SMILES string of the molecule is CCCCC[C@H]1CC[C@H](CCc2ccc(-c3cc(F)c(F)nc3F)cc2)CC1. The van der Waals surface area contributed by atoms with Crippen molar-refractivity contribution in [2.75, 3.05) is 0 Å². The van der Waals surface area contributed by atoms with E-state index in [0.29, 0.717) is 5.56 Å². The van der Waals surface area contributed by atoms with Gasteiger partial charge in [-0.2, -0.15) is 13.8 Å². The second-order valence-electron chi connectivity index (χ2n) is 8.22. The molecule has 3 rings (SSSR count). The van der Waals surface area contributed by atoms with E-state index >= 15 is 0 Å². The fourth-order valence-corrected chi connectivity index (χ4v) is 4.36. The fourth-order valence-electron chi connectivity index (χ4n) is 4.36. The van der Waals surface area contributed by atoms with Crippen LogP contribution in [-0.2, 0) is 6.42 Å². The number of pyridine rings is 1. The summed E-state index contributed by atoms with van der Waals surface area (Å²) in [7, 11) is 0. The summed E-state index contributed by atoms with van der Waals surface area (Å²) in [4.78, 5) is 2.99.